The van der Waals surface area contributed by atoms with Gasteiger partial charge in [0.2, 0.25) is 0 Å². The molecule has 0 saturated heterocycles. The molecule has 0 saturated carbocycles. The van der Waals surface area contributed by atoms with E-state index in [0.717, 1.165) is 0 Å². The van der Waals surface area contributed by atoms with Gasteiger partial charge in [-0.1, -0.05) is 15.9 Å². The molecule has 0 atom stereocenters. The number of amides is 1. The number of carbonyl (C=O) groups excluding carboxylic acids is 2. The average molecular weight is 314 g/mol. The predicted molar refractivity (Wildman–Crippen MR) is 74.0 cm³/mol. The van der Waals surface area contributed by atoms with E-state index in [2.05, 4.69) is 21.2 Å². The SMILES string of the molecule is CC(=O)c1cc(NC(=O)OC(C)(C)C)ccc1Br. The molecule has 18 heavy (non-hydrogen) atoms. The zero-order valence-electron chi connectivity index (χ0n) is 10.8. The van der Waals surface area contributed by atoms with Gasteiger partial charge in [0.1, 0.15) is 5.60 Å². The van der Waals surface area contributed by atoms with Crippen molar-refractivity contribution in [3.05, 3.63) is 28.2 Å². The Hall–Kier alpha value is -1.36. The molecule has 1 amide bonds. The molecule has 1 aromatic rings. The van der Waals surface area contributed by atoms with E-state index in [-0.39, 0.29) is 5.78 Å². The number of ether oxygens (including phenoxy) is 1. The molecule has 1 aromatic carbocycles. The van der Waals surface area contributed by atoms with E-state index >= 15 is 0 Å². The largest absolute Gasteiger partial charge is 0.444 e. The zero-order chi connectivity index (χ0) is 13.9. The maximum absolute atomic E-state index is 11.6. The fourth-order valence-electron chi connectivity index (χ4n) is 1.29. The summed E-state index contributed by atoms with van der Waals surface area (Å²) in [5.41, 5.74) is 0.490. The first-order chi connectivity index (χ1) is 8.19. The maximum Gasteiger partial charge on any atom is 0.412 e. The lowest BCUT2D eigenvalue weighted by molar-refractivity contribution is 0.0635. The average Bonchev–Trinajstić information content (AvgIpc) is 2.17. The molecule has 0 unspecified atom stereocenters. The van der Waals surface area contributed by atoms with Crippen molar-refractivity contribution in [3.8, 4) is 0 Å². The molecule has 0 aliphatic rings. The smallest absolute Gasteiger partial charge is 0.412 e. The van der Waals surface area contributed by atoms with Gasteiger partial charge >= 0.3 is 6.09 Å². The molecule has 0 radical (unpaired) electrons. The number of carbonyl (C=O) groups is 2. The van der Waals surface area contributed by atoms with E-state index < -0.39 is 11.7 Å². The van der Waals surface area contributed by atoms with Crippen molar-refractivity contribution < 1.29 is 14.3 Å². The number of halogens is 1. The number of hydrogen-bond acceptors (Lipinski definition) is 3. The maximum atomic E-state index is 11.6. The Bertz CT molecular complexity index is 478. The van der Waals surface area contributed by atoms with E-state index in [9.17, 15) is 9.59 Å². The van der Waals surface area contributed by atoms with E-state index in [1.54, 1.807) is 39.0 Å². The van der Waals surface area contributed by atoms with Crippen molar-refractivity contribution in [2.75, 3.05) is 5.32 Å². The number of benzene rings is 1. The van der Waals surface area contributed by atoms with Crippen LogP contribution in [0, 0.1) is 0 Å². The molecule has 1 N–H and O–H groups in total. The van der Waals surface area contributed by atoms with Gasteiger partial charge in [0.25, 0.3) is 0 Å². The minimum Gasteiger partial charge on any atom is -0.444 e. The topological polar surface area (TPSA) is 55.4 Å². The van der Waals surface area contributed by atoms with Gasteiger partial charge in [-0.15, -0.1) is 0 Å². The first kappa shape index (κ1) is 14.7. The third kappa shape index (κ3) is 4.49. The van der Waals surface area contributed by atoms with E-state index in [1.165, 1.54) is 6.92 Å². The normalized spacial score (nSPS) is 10.9. The highest BCUT2D eigenvalue weighted by molar-refractivity contribution is 9.10. The van der Waals surface area contributed by atoms with Crippen LogP contribution in [0.5, 0.6) is 0 Å². The highest BCUT2D eigenvalue weighted by atomic mass is 79.9. The molecule has 1 rings (SSSR count). The van der Waals surface area contributed by atoms with Gasteiger partial charge in [0.05, 0.1) is 0 Å². The number of ketones is 1. The van der Waals surface area contributed by atoms with Crippen LogP contribution in [0.25, 0.3) is 0 Å². The fourth-order valence-corrected chi connectivity index (χ4v) is 1.82. The fraction of sp³-hybridized carbons (Fsp3) is 0.385. The number of Topliss-reactive ketones (excluding diaryl/α,β-unsaturated/α-hetero) is 1. The molecule has 0 fully saturated rings. The van der Waals surface area contributed by atoms with Crippen LogP contribution in [0.4, 0.5) is 10.5 Å². The molecule has 0 aliphatic carbocycles. The third-order valence-electron chi connectivity index (χ3n) is 1.99. The summed E-state index contributed by atoms with van der Waals surface area (Å²) in [6, 6.07) is 5.01. The quantitative estimate of drug-likeness (QED) is 0.840. The summed E-state index contributed by atoms with van der Waals surface area (Å²) < 4.78 is 5.82. The summed E-state index contributed by atoms with van der Waals surface area (Å²) in [6.45, 7) is 6.83. The van der Waals surface area contributed by atoms with Gasteiger partial charge in [-0.3, -0.25) is 10.1 Å². The summed E-state index contributed by atoms with van der Waals surface area (Å²) in [5.74, 6) is -0.0743. The second-order valence-corrected chi connectivity index (χ2v) is 5.73. The lowest BCUT2D eigenvalue weighted by Crippen LogP contribution is -2.27. The summed E-state index contributed by atoms with van der Waals surface area (Å²) >= 11 is 3.28. The highest BCUT2D eigenvalue weighted by Gasteiger charge is 2.16. The first-order valence-corrected chi connectivity index (χ1v) is 6.29. The van der Waals surface area contributed by atoms with Crippen molar-refractivity contribution in [1.82, 2.24) is 0 Å². The van der Waals surface area contributed by atoms with Gasteiger partial charge in [0, 0.05) is 15.7 Å². The summed E-state index contributed by atoms with van der Waals surface area (Å²) in [5, 5.41) is 2.59. The minimum absolute atomic E-state index is 0.0743. The van der Waals surface area contributed by atoms with Crippen LogP contribution >= 0.6 is 15.9 Å². The van der Waals surface area contributed by atoms with Crippen molar-refractivity contribution in [3.63, 3.8) is 0 Å². The Morgan fingerprint density at radius 1 is 1.28 bits per heavy atom. The molecule has 0 heterocycles. The standard InChI is InChI=1S/C13H16BrNO3/c1-8(16)10-7-9(5-6-11(10)14)15-12(17)18-13(2,3)4/h5-7H,1-4H3,(H,15,17). The number of nitrogens with one attached hydrogen (secondary N) is 1. The molecule has 98 valence electrons. The van der Waals surface area contributed by atoms with Gasteiger partial charge in [-0.2, -0.15) is 0 Å². The second kappa shape index (κ2) is 5.52. The van der Waals surface area contributed by atoms with E-state index in [4.69, 9.17) is 4.74 Å². The van der Waals surface area contributed by atoms with Crippen LogP contribution in [-0.4, -0.2) is 17.5 Å². The van der Waals surface area contributed by atoms with E-state index in [0.29, 0.717) is 15.7 Å². The Kier molecular flexibility index (Phi) is 4.51. The monoisotopic (exact) mass is 313 g/mol. The molecule has 4 nitrogen and oxygen atoms in total. The Morgan fingerprint density at radius 2 is 1.89 bits per heavy atom. The number of hydrogen-bond donors (Lipinski definition) is 1. The van der Waals surface area contributed by atoms with Crippen LogP contribution in [0.1, 0.15) is 38.1 Å². The molecule has 0 aliphatic heterocycles. The van der Waals surface area contributed by atoms with Gasteiger partial charge in [-0.25, -0.2) is 4.79 Å². The Balaban J connectivity index is 2.83. The van der Waals surface area contributed by atoms with Crippen LogP contribution in [0.2, 0.25) is 0 Å². The van der Waals surface area contributed by atoms with Gasteiger partial charge < -0.3 is 4.74 Å². The molecular weight excluding hydrogens is 298 g/mol. The lowest BCUT2D eigenvalue weighted by atomic mass is 10.1. The van der Waals surface area contributed by atoms with Crippen LogP contribution in [0.15, 0.2) is 22.7 Å². The van der Waals surface area contributed by atoms with Gasteiger partial charge in [-0.05, 0) is 45.9 Å². The summed E-state index contributed by atoms with van der Waals surface area (Å²) in [7, 11) is 0. The Morgan fingerprint density at radius 3 is 2.39 bits per heavy atom. The molecular formula is C13H16BrNO3. The van der Waals surface area contributed by atoms with Crippen molar-refractivity contribution in [2.24, 2.45) is 0 Å². The van der Waals surface area contributed by atoms with Crippen LogP contribution < -0.4 is 5.32 Å². The molecule has 0 spiro atoms. The number of anilines is 1. The van der Waals surface area contributed by atoms with Gasteiger partial charge in [0.15, 0.2) is 5.78 Å². The third-order valence-corrected chi connectivity index (χ3v) is 2.68. The van der Waals surface area contributed by atoms with Crippen molar-refractivity contribution in [1.29, 1.82) is 0 Å². The predicted octanol–water partition coefficient (Wildman–Crippen LogP) is 4.00. The summed E-state index contributed by atoms with van der Waals surface area (Å²) in [6.07, 6.45) is -0.542. The molecule has 0 aromatic heterocycles. The second-order valence-electron chi connectivity index (χ2n) is 4.88. The van der Waals surface area contributed by atoms with Crippen LogP contribution in [-0.2, 0) is 4.74 Å². The van der Waals surface area contributed by atoms with Crippen molar-refractivity contribution >= 4 is 33.5 Å². The van der Waals surface area contributed by atoms with Crippen LogP contribution in [0.3, 0.4) is 0 Å². The van der Waals surface area contributed by atoms with E-state index in [1.807, 2.05) is 0 Å². The lowest BCUT2D eigenvalue weighted by Gasteiger charge is -2.19. The molecule has 0 bridgehead atoms. The molecule has 5 heteroatoms. The highest BCUT2D eigenvalue weighted by Crippen LogP contribution is 2.22. The summed E-state index contributed by atoms with van der Waals surface area (Å²) in [4.78, 5) is 22.9. The number of rotatable bonds is 2. The van der Waals surface area contributed by atoms with Crippen molar-refractivity contribution in [2.45, 2.75) is 33.3 Å². The Labute approximate surface area is 115 Å². The minimum atomic E-state index is -0.553. The zero-order valence-corrected chi connectivity index (χ0v) is 12.4. The first-order valence-electron chi connectivity index (χ1n) is 5.49.